The normalized spacial score (nSPS) is 16.4. The Hall–Kier alpha value is -2.33. The van der Waals surface area contributed by atoms with Crippen molar-refractivity contribution in [3.8, 4) is 5.75 Å². The van der Waals surface area contributed by atoms with Crippen molar-refractivity contribution in [2.75, 3.05) is 11.9 Å². The van der Waals surface area contributed by atoms with Crippen molar-refractivity contribution < 1.29 is 14.6 Å². The quantitative estimate of drug-likeness (QED) is 0.901. The Labute approximate surface area is 142 Å². The van der Waals surface area contributed by atoms with Gasteiger partial charge >= 0.3 is 0 Å². The standard InChI is InChI=1S/C20H23NO3/c1-13-9-10-15(11-14(13)2)21-20(23)12-24-19-8-4-5-16-17(19)6-3-7-18(16)22/h4-5,8-11,18,22H,3,6-7,12H2,1-2H3,(H,21,23). The fraction of sp³-hybridized carbons (Fsp3) is 0.350. The van der Waals surface area contributed by atoms with Gasteiger partial charge in [-0.1, -0.05) is 18.2 Å². The SMILES string of the molecule is Cc1ccc(NC(=O)COc2cccc3c2CCCC3O)cc1C. The van der Waals surface area contributed by atoms with Gasteiger partial charge in [0.25, 0.3) is 5.91 Å². The Balaban J connectivity index is 1.64. The number of hydrogen-bond donors (Lipinski definition) is 2. The molecule has 0 fully saturated rings. The number of fused-ring (bicyclic) bond motifs is 1. The zero-order valence-corrected chi connectivity index (χ0v) is 14.1. The van der Waals surface area contributed by atoms with Crippen molar-refractivity contribution in [1.29, 1.82) is 0 Å². The van der Waals surface area contributed by atoms with Crippen LogP contribution in [0.4, 0.5) is 5.69 Å². The first-order valence-corrected chi connectivity index (χ1v) is 8.34. The molecular weight excluding hydrogens is 302 g/mol. The van der Waals surface area contributed by atoms with Gasteiger partial charge in [-0.05, 0) is 73.6 Å². The molecule has 2 aromatic rings. The third-order valence-electron chi connectivity index (χ3n) is 4.58. The fourth-order valence-corrected chi connectivity index (χ4v) is 3.08. The maximum absolute atomic E-state index is 12.1. The third kappa shape index (κ3) is 3.60. The summed E-state index contributed by atoms with van der Waals surface area (Å²) in [5.74, 6) is 0.508. The summed E-state index contributed by atoms with van der Waals surface area (Å²) in [5.41, 5.74) is 5.05. The summed E-state index contributed by atoms with van der Waals surface area (Å²) in [6.07, 6.45) is 2.16. The monoisotopic (exact) mass is 325 g/mol. The van der Waals surface area contributed by atoms with Crippen molar-refractivity contribution in [3.63, 3.8) is 0 Å². The van der Waals surface area contributed by atoms with Crippen LogP contribution < -0.4 is 10.1 Å². The van der Waals surface area contributed by atoms with Gasteiger partial charge < -0.3 is 15.2 Å². The molecule has 1 aliphatic carbocycles. The minimum atomic E-state index is -0.429. The van der Waals surface area contributed by atoms with E-state index in [2.05, 4.69) is 5.32 Å². The van der Waals surface area contributed by atoms with E-state index in [-0.39, 0.29) is 12.5 Å². The molecule has 0 aliphatic heterocycles. The molecule has 126 valence electrons. The Kier molecular flexibility index (Phi) is 4.86. The van der Waals surface area contributed by atoms with E-state index in [1.807, 2.05) is 50.2 Å². The maximum Gasteiger partial charge on any atom is 0.262 e. The van der Waals surface area contributed by atoms with E-state index in [0.29, 0.717) is 5.75 Å². The number of carbonyl (C=O) groups is 1. The van der Waals surface area contributed by atoms with Crippen LogP contribution in [0.25, 0.3) is 0 Å². The van der Waals surface area contributed by atoms with Crippen LogP contribution in [0, 0.1) is 13.8 Å². The van der Waals surface area contributed by atoms with Gasteiger partial charge in [0.15, 0.2) is 6.61 Å². The molecule has 0 heterocycles. The van der Waals surface area contributed by atoms with Crippen LogP contribution in [-0.4, -0.2) is 17.6 Å². The van der Waals surface area contributed by atoms with Crippen LogP contribution >= 0.6 is 0 Å². The minimum absolute atomic E-state index is 0.0422. The zero-order valence-electron chi connectivity index (χ0n) is 14.1. The second-order valence-corrected chi connectivity index (χ2v) is 6.37. The molecule has 1 atom stereocenters. The number of rotatable bonds is 4. The molecule has 1 amide bonds. The van der Waals surface area contributed by atoms with E-state index >= 15 is 0 Å². The molecule has 3 rings (SSSR count). The highest BCUT2D eigenvalue weighted by molar-refractivity contribution is 5.92. The average molecular weight is 325 g/mol. The van der Waals surface area contributed by atoms with Crippen molar-refractivity contribution in [2.45, 2.75) is 39.2 Å². The number of aliphatic hydroxyl groups is 1. The Morgan fingerprint density at radius 1 is 1.25 bits per heavy atom. The molecule has 1 aliphatic rings. The summed E-state index contributed by atoms with van der Waals surface area (Å²) >= 11 is 0. The van der Waals surface area contributed by atoms with E-state index in [4.69, 9.17) is 4.74 Å². The van der Waals surface area contributed by atoms with E-state index < -0.39 is 6.10 Å². The zero-order chi connectivity index (χ0) is 17.1. The first-order chi connectivity index (χ1) is 11.5. The van der Waals surface area contributed by atoms with E-state index in [0.717, 1.165) is 41.6 Å². The minimum Gasteiger partial charge on any atom is -0.483 e. The highest BCUT2D eigenvalue weighted by Gasteiger charge is 2.21. The highest BCUT2D eigenvalue weighted by atomic mass is 16.5. The van der Waals surface area contributed by atoms with Gasteiger partial charge in [-0.15, -0.1) is 0 Å². The Morgan fingerprint density at radius 3 is 2.88 bits per heavy atom. The molecule has 0 saturated carbocycles. The molecule has 0 spiro atoms. The smallest absolute Gasteiger partial charge is 0.262 e. The molecule has 0 bridgehead atoms. The van der Waals surface area contributed by atoms with Crippen LogP contribution in [0.2, 0.25) is 0 Å². The third-order valence-corrected chi connectivity index (χ3v) is 4.58. The average Bonchev–Trinajstić information content (AvgIpc) is 2.57. The first-order valence-electron chi connectivity index (χ1n) is 8.34. The number of nitrogens with one attached hydrogen (secondary N) is 1. The van der Waals surface area contributed by atoms with Gasteiger partial charge in [-0.3, -0.25) is 4.79 Å². The lowest BCUT2D eigenvalue weighted by atomic mass is 9.89. The number of amides is 1. The number of hydrogen-bond acceptors (Lipinski definition) is 3. The number of aliphatic hydroxyl groups excluding tert-OH is 1. The van der Waals surface area contributed by atoms with Crippen molar-refractivity contribution in [3.05, 3.63) is 58.7 Å². The lowest BCUT2D eigenvalue weighted by molar-refractivity contribution is -0.118. The van der Waals surface area contributed by atoms with Gasteiger partial charge in [-0.25, -0.2) is 0 Å². The lowest BCUT2D eigenvalue weighted by Crippen LogP contribution is -2.21. The summed E-state index contributed by atoms with van der Waals surface area (Å²) in [6, 6.07) is 11.5. The Bertz CT molecular complexity index is 755. The molecule has 24 heavy (non-hydrogen) atoms. The molecule has 1 unspecified atom stereocenters. The molecule has 0 radical (unpaired) electrons. The number of anilines is 1. The predicted octanol–water partition coefficient (Wildman–Crippen LogP) is 3.69. The molecular formula is C20H23NO3. The summed E-state index contributed by atoms with van der Waals surface area (Å²) in [4.78, 5) is 12.1. The summed E-state index contributed by atoms with van der Waals surface area (Å²) in [7, 11) is 0. The topological polar surface area (TPSA) is 58.6 Å². The van der Waals surface area contributed by atoms with E-state index in [1.54, 1.807) is 0 Å². The van der Waals surface area contributed by atoms with Gasteiger partial charge in [0.05, 0.1) is 6.10 Å². The molecule has 2 aromatic carbocycles. The summed E-state index contributed by atoms with van der Waals surface area (Å²) in [5, 5.41) is 12.9. The molecule has 0 saturated heterocycles. The largest absolute Gasteiger partial charge is 0.483 e. The van der Waals surface area contributed by atoms with Crippen LogP contribution in [0.5, 0.6) is 5.75 Å². The van der Waals surface area contributed by atoms with E-state index in [1.165, 1.54) is 5.56 Å². The second-order valence-electron chi connectivity index (χ2n) is 6.37. The highest BCUT2D eigenvalue weighted by Crippen LogP contribution is 2.35. The summed E-state index contributed by atoms with van der Waals surface area (Å²) in [6.45, 7) is 4.01. The number of benzene rings is 2. The van der Waals surface area contributed by atoms with Crippen molar-refractivity contribution >= 4 is 11.6 Å². The molecule has 0 aromatic heterocycles. The lowest BCUT2D eigenvalue weighted by Gasteiger charge is -2.23. The van der Waals surface area contributed by atoms with Crippen molar-refractivity contribution in [2.24, 2.45) is 0 Å². The van der Waals surface area contributed by atoms with Crippen LogP contribution in [0.3, 0.4) is 0 Å². The first kappa shape index (κ1) is 16.5. The second kappa shape index (κ2) is 7.05. The summed E-state index contributed by atoms with van der Waals surface area (Å²) < 4.78 is 5.72. The Morgan fingerprint density at radius 2 is 2.08 bits per heavy atom. The molecule has 2 N–H and O–H groups in total. The van der Waals surface area contributed by atoms with E-state index in [9.17, 15) is 9.90 Å². The molecule has 4 heteroatoms. The van der Waals surface area contributed by atoms with Crippen molar-refractivity contribution in [1.82, 2.24) is 0 Å². The van der Waals surface area contributed by atoms with Gasteiger partial charge in [0, 0.05) is 5.69 Å². The van der Waals surface area contributed by atoms with Crippen LogP contribution in [0.1, 0.15) is 41.2 Å². The fourth-order valence-electron chi connectivity index (χ4n) is 3.08. The number of ether oxygens (including phenoxy) is 1. The maximum atomic E-state index is 12.1. The van der Waals surface area contributed by atoms with Gasteiger partial charge in [0.2, 0.25) is 0 Å². The van der Waals surface area contributed by atoms with Gasteiger partial charge in [0.1, 0.15) is 5.75 Å². The number of aryl methyl sites for hydroxylation is 2. The van der Waals surface area contributed by atoms with Crippen LogP contribution in [-0.2, 0) is 11.2 Å². The van der Waals surface area contributed by atoms with Gasteiger partial charge in [-0.2, -0.15) is 0 Å². The molecule has 4 nitrogen and oxygen atoms in total. The van der Waals surface area contributed by atoms with Crippen LogP contribution in [0.15, 0.2) is 36.4 Å². The predicted molar refractivity (Wildman–Crippen MR) is 94.4 cm³/mol. The number of carbonyl (C=O) groups excluding carboxylic acids is 1.